The summed E-state index contributed by atoms with van der Waals surface area (Å²) < 4.78 is 10.4. The minimum absolute atomic E-state index is 0. The maximum atomic E-state index is 13.1. The third kappa shape index (κ3) is 5.36. The summed E-state index contributed by atoms with van der Waals surface area (Å²) in [7, 11) is 3.50. The van der Waals surface area contributed by atoms with Crippen molar-refractivity contribution in [2.24, 2.45) is 0 Å². The van der Waals surface area contributed by atoms with E-state index < -0.39 is 11.5 Å². The Morgan fingerprint density at radius 1 is 1.32 bits per heavy atom. The van der Waals surface area contributed by atoms with Gasteiger partial charge in [0, 0.05) is 21.1 Å². The van der Waals surface area contributed by atoms with Crippen LogP contribution in [0, 0.1) is 21.3 Å². The predicted octanol–water partition coefficient (Wildman–Crippen LogP) is 3.65. The molecule has 0 unspecified atom stereocenters. The number of amides is 1. The van der Waals surface area contributed by atoms with E-state index in [0.717, 1.165) is 37.8 Å². The van der Waals surface area contributed by atoms with Gasteiger partial charge in [0.2, 0.25) is 5.91 Å². The van der Waals surface area contributed by atoms with Gasteiger partial charge in [0.25, 0.3) is 0 Å². The number of hydrogen-bond acceptors (Lipinski definition) is 5. The Bertz CT molecular complexity index is 675. The van der Waals surface area contributed by atoms with Gasteiger partial charge in [-0.2, -0.15) is 6.42 Å². The molecule has 1 fully saturated rings. The van der Waals surface area contributed by atoms with E-state index in [1.807, 2.05) is 14.0 Å². The Hall–Kier alpha value is -1.39. The first kappa shape index (κ1) is 26.6. The number of nitrogens with zero attached hydrogens (tertiary/aromatic N) is 1. The van der Waals surface area contributed by atoms with Gasteiger partial charge < -0.3 is 29.1 Å². The molecule has 1 aliphatic carbocycles. The molecule has 0 aliphatic heterocycles. The smallest absolute Gasteiger partial charge is 0.340 e. The molecule has 0 aromatic heterocycles. The van der Waals surface area contributed by atoms with Crippen LogP contribution in [0.15, 0.2) is 12.1 Å². The standard InChI is InChI=1S/C20H29N2O4.CH3.W/c1-6-11-22(4)20(9-8-10-20)19(24)21-17-14(3)12-15(25-5)13-16(17)18(23)26-7-2;;/h12-13H,1,6-11H2,2-5H3,(H,21,24);1H3;/q2*-1;. The molecule has 0 radical (unpaired) electrons. The molecular formula is C21H32N2O4W-2. The van der Waals surface area contributed by atoms with Crippen LogP contribution in [-0.4, -0.2) is 49.6 Å². The van der Waals surface area contributed by atoms with Crippen LogP contribution in [-0.2, 0) is 30.6 Å². The van der Waals surface area contributed by atoms with Gasteiger partial charge in [0.1, 0.15) is 11.3 Å². The Morgan fingerprint density at radius 2 is 1.96 bits per heavy atom. The Labute approximate surface area is 183 Å². The van der Waals surface area contributed by atoms with Crippen LogP contribution < -0.4 is 10.1 Å². The first-order chi connectivity index (χ1) is 12.4. The predicted molar refractivity (Wildman–Crippen MR) is 108 cm³/mol. The van der Waals surface area contributed by atoms with Gasteiger partial charge in [0.05, 0.1) is 25.0 Å². The first-order valence-electron chi connectivity index (χ1n) is 9.07. The molecule has 0 heterocycles. The van der Waals surface area contributed by atoms with Crippen LogP contribution in [0.25, 0.3) is 0 Å². The van der Waals surface area contributed by atoms with Gasteiger partial charge in [-0.3, -0.25) is 9.69 Å². The molecule has 2 rings (SSSR count). The number of ether oxygens (including phenoxy) is 2. The van der Waals surface area contributed by atoms with Crippen LogP contribution >= 0.6 is 0 Å². The van der Waals surface area contributed by atoms with Gasteiger partial charge in [-0.15, -0.1) is 0 Å². The number of hydrogen-bond donors (Lipinski definition) is 1. The van der Waals surface area contributed by atoms with Crippen molar-refractivity contribution in [1.82, 2.24) is 4.90 Å². The molecule has 1 aromatic carbocycles. The maximum absolute atomic E-state index is 13.1. The van der Waals surface area contributed by atoms with E-state index in [1.165, 1.54) is 0 Å². The minimum atomic E-state index is -0.532. The fourth-order valence-electron chi connectivity index (χ4n) is 3.38. The third-order valence-corrected chi connectivity index (χ3v) is 5.11. The van der Waals surface area contributed by atoms with Crippen molar-refractivity contribution in [1.29, 1.82) is 0 Å². The number of esters is 1. The van der Waals surface area contributed by atoms with Gasteiger partial charge >= 0.3 is 5.97 Å². The molecule has 1 aromatic rings. The van der Waals surface area contributed by atoms with Gasteiger partial charge in [-0.05, 0) is 64.4 Å². The second-order valence-electron chi connectivity index (χ2n) is 6.70. The van der Waals surface area contributed by atoms with Crippen molar-refractivity contribution < 1.29 is 40.1 Å². The summed E-state index contributed by atoms with van der Waals surface area (Å²) in [5.41, 5.74) is 1.03. The SMILES string of the molecule is [CH2-]CCN(C)C1(C(=O)Nc2c(C)cc(OC)cc2C(=O)OCC)CCC1.[CH3-].[W]. The van der Waals surface area contributed by atoms with E-state index in [1.54, 1.807) is 26.2 Å². The average Bonchev–Trinajstić information content (AvgIpc) is 2.55. The topological polar surface area (TPSA) is 67.9 Å². The Morgan fingerprint density at radius 3 is 2.43 bits per heavy atom. The van der Waals surface area contributed by atoms with E-state index in [0.29, 0.717) is 17.0 Å². The number of carbonyl (C=O) groups excluding carboxylic acids is 2. The van der Waals surface area contributed by atoms with Gasteiger partial charge in [0.15, 0.2) is 0 Å². The van der Waals surface area contributed by atoms with Crippen molar-refractivity contribution in [3.05, 3.63) is 37.6 Å². The van der Waals surface area contributed by atoms with E-state index in [4.69, 9.17) is 9.47 Å². The maximum Gasteiger partial charge on any atom is 0.340 e. The largest absolute Gasteiger partial charge is 0.497 e. The van der Waals surface area contributed by atoms with Crippen molar-refractivity contribution in [3.63, 3.8) is 0 Å². The summed E-state index contributed by atoms with van der Waals surface area (Å²) in [5, 5.41) is 2.99. The number of rotatable bonds is 8. The average molecular weight is 560 g/mol. The Kier molecular flexibility index (Phi) is 11.0. The zero-order valence-electron chi connectivity index (χ0n) is 17.6. The number of nitrogens with one attached hydrogen (secondary N) is 1. The summed E-state index contributed by atoms with van der Waals surface area (Å²) in [4.78, 5) is 27.6. The van der Waals surface area contributed by atoms with E-state index >= 15 is 0 Å². The summed E-state index contributed by atoms with van der Waals surface area (Å²) in [6, 6.07) is 3.40. The Balaban J connectivity index is 0.00000364. The number of benzene rings is 1. The third-order valence-electron chi connectivity index (χ3n) is 5.11. The molecule has 7 heteroatoms. The fraction of sp³-hybridized carbons (Fsp3) is 0.524. The summed E-state index contributed by atoms with van der Waals surface area (Å²) >= 11 is 0. The van der Waals surface area contributed by atoms with Crippen LogP contribution in [0.5, 0.6) is 5.75 Å². The molecular weight excluding hydrogens is 528 g/mol. The number of anilines is 1. The molecule has 158 valence electrons. The normalized spacial score (nSPS) is 14.2. The van der Waals surface area contributed by atoms with Crippen LogP contribution in [0.4, 0.5) is 5.69 Å². The number of likely N-dealkylation sites (N-methyl/N-ethyl adjacent to an activating group) is 1. The monoisotopic (exact) mass is 560 g/mol. The van der Waals surface area contributed by atoms with Crippen molar-refractivity contribution >= 4 is 17.6 Å². The number of carbonyl (C=O) groups is 2. The van der Waals surface area contributed by atoms with Gasteiger partial charge in [-0.1, -0.05) is 0 Å². The fourth-order valence-corrected chi connectivity index (χ4v) is 3.38. The van der Waals surface area contributed by atoms with Crippen LogP contribution in [0.3, 0.4) is 0 Å². The molecule has 1 aliphatic rings. The quantitative estimate of drug-likeness (QED) is 0.389. The summed E-state index contributed by atoms with van der Waals surface area (Å²) in [6.45, 7) is 8.49. The van der Waals surface area contributed by atoms with Gasteiger partial charge in [-0.25, -0.2) is 4.79 Å². The molecule has 0 atom stereocenters. The van der Waals surface area contributed by atoms with Crippen molar-refractivity contribution in [3.8, 4) is 5.75 Å². The summed E-state index contributed by atoms with van der Waals surface area (Å²) in [6.07, 6.45) is 3.36. The molecule has 0 spiro atoms. The van der Waals surface area contributed by atoms with Crippen LogP contribution in [0.1, 0.15) is 48.5 Å². The zero-order valence-corrected chi connectivity index (χ0v) is 20.5. The molecule has 0 bridgehead atoms. The van der Waals surface area contributed by atoms with Crippen molar-refractivity contribution in [2.45, 2.75) is 45.1 Å². The minimum Gasteiger partial charge on any atom is -0.497 e. The number of aryl methyl sites for hydroxylation is 1. The molecule has 6 nitrogen and oxygen atoms in total. The zero-order chi connectivity index (χ0) is 19.3. The summed E-state index contributed by atoms with van der Waals surface area (Å²) in [5.74, 6) is -0.00632. The molecule has 1 N–H and O–H groups in total. The second-order valence-corrected chi connectivity index (χ2v) is 6.70. The number of methoxy groups -OCH3 is 1. The molecule has 28 heavy (non-hydrogen) atoms. The van der Waals surface area contributed by atoms with E-state index in [2.05, 4.69) is 17.1 Å². The van der Waals surface area contributed by atoms with E-state index in [9.17, 15) is 9.59 Å². The second kappa shape index (κ2) is 11.6. The molecule has 0 saturated heterocycles. The first-order valence-corrected chi connectivity index (χ1v) is 9.07. The van der Waals surface area contributed by atoms with Crippen molar-refractivity contribution in [2.75, 3.05) is 32.6 Å². The molecule has 1 saturated carbocycles. The van der Waals surface area contributed by atoms with Crippen LogP contribution in [0.2, 0.25) is 0 Å². The molecule has 1 amide bonds. The van der Waals surface area contributed by atoms with E-state index in [-0.39, 0.29) is 41.0 Å².